The number of hydrogen-bond acceptors (Lipinski definition) is 6. The maximum absolute atomic E-state index is 12.4. The molecule has 2 heterocycles. The third-order valence-corrected chi connectivity index (χ3v) is 3.72. The minimum absolute atomic E-state index is 0.0652. The normalized spacial score (nSPS) is 26.4. The smallest absolute Gasteiger partial charge is 0.306 e. The minimum atomic E-state index is -0.682. The summed E-state index contributed by atoms with van der Waals surface area (Å²) < 4.78 is 10.6. The van der Waals surface area contributed by atoms with Crippen LogP contribution < -0.4 is 4.74 Å². The average Bonchev–Trinajstić information content (AvgIpc) is 2.93. The molecular formula is C15H14O6. The van der Waals surface area contributed by atoms with E-state index in [1.165, 1.54) is 6.07 Å². The highest BCUT2D eigenvalue weighted by Crippen LogP contribution is 2.39. The van der Waals surface area contributed by atoms with Crippen LogP contribution in [0.1, 0.15) is 23.7 Å². The number of phenols is 1. The summed E-state index contributed by atoms with van der Waals surface area (Å²) in [6, 6.07) is 4.50. The lowest BCUT2D eigenvalue weighted by molar-refractivity contribution is -0.140. The van der Waals surface area contributed by atoms with E-state index in [0.29, 0.717) is 0 Å². The quantitative estimate of drug-likeness (QED) is 0.627. The molecule has 0 spiro atoms. The molecule has 6 nitrogen and oxygen atoms in total. The number of aliphatic hydroxyl groups excluding tert-OH is 1. The summed E-state index contributed by atoms with van der Waals surface area (Å²) >= 11 is 0. The molecule has 0 saturated carbocycles. The van der Waals surface area contributed by atoms with Gasteiger partial charge in [-0.05, 0) is 12.1 Å². The number of hydrogen-bond donors (Lipinski definition) is 2. The average molecular weight is 290 g/mol. The number of benzene rings is 1. The molecular weight excluding hydrogens is 276 g/mol. The van der Waals surface area contributed by atoms with Crippen LogP contribution in [0.4, 0.5) is 0 Å². The Morgan fingerprint density at radius 3 is 2.71 bits per heavy atom. The number of aliphatic hydroxyl groups is 1. The first-order valence-electron chi connectivity index (χ1n) is 6.60. The van der Waals surface area contributed by atoms with Gasteiger partial charge in [0.2, 0.25) is 5.78 Å². The van der Waals surface area contributed by atoms with Crippen LogP contribution in [-0.2, 0) is 9.53 Å². The van der Waals surface area contributed by atoms with Gasteiger partial charge in [-0.2, -0.15) is 0 Å². The fourth-order valence-electron chi connectivity index (χ4n) is 2.70. The van der Waals surface area contributed by atoms with Gasteiger partial charge in [-0.1, -0.05) is 13.0 Å². The molecule has 110 valence electrons. The molecule has 1 fully saturated rings. The second-order valence-corrected chi connectivity index (χ2v) is 5.19. The Morgan fingerprint density at radius 2 is 2.14 bits per heavy atom. The zero-order valence-corrected chi connectivity index (χ0v) is 11.3. The van der Waals surface area contributed by atoms with Crippen LogP contribution in [0.2, 0.25) is 0 Å². The molecule has 3 rings (SSSR count). The number of aromatic hydroxyl groups is 1. The number of ether oxygens (including phenoxy) is 2. The van der Waals surface area contributed by atoms with Crippen LogP contribution in [0.5, 0.6) is 11.5 Å². The number of cyclic esters (lactones) is 1. The SMILES string of the molecule is C[C@@H]1CC(=O)O[C@H]1/C(CO)=C1/Oc2cccc(O)c2C1=O. The Kier molecular flexibility index (Phi) is 3.17. The van der Waals surface area contributed by atoms with Crippen molar-refractivity contribution in [2.45, 2.75) is 19.4 Å². The molecule has 0 bridgehead atoms. The van der Waals surface area contributed by atoms with E-state index in [1.807, 2.05) is 0 Å². The van der Waals surface area contributed by atoms with Crippen LogP contribution in [0.25, 0.3) is 0 Å². The molecule has 1 aromatic carbocycles. The second kappa shape index (κ2) is 4.89. The number of carbonyl (C=O) groups is 2. The number of fused-ring (bicyclic) bond motifs is 1. The Hall–Kier alpha value is -2.34. The van der Waals surface area contributed by atoms with Crippen molar-refractivity contribution < 1.29 is 29.3 Å². The van der Waals surface area contributed by atoms with Crippen molar-refractivity contribution in [3.63, 3.8) is 0 Å². The van der Waals surface area contributed by atoms with Crippen molar-refractivity contribution in [3.05, 3.63) is 35.1 Å². The molecule has 0 aliphatic carbocycles. The number of rotatable bonds is 2. The first-order chi connectivity index (χ1) is 10.0. The van der Waals surface area contributed by atoms with E-state index in [0.717, 1.165) is 0 Å². The van der Waals surface area contributed by atoms with Gasteiger partial charge in [0.15, 0.2) is 5.76 Å². The van der Waals surface area contributed by atoms with Crippen LogP contribution in [0.3, 0.4) is 0 Å². The fourth-order valence-corrected chi connectivity index (χ4v) is 2.70. The van der Waals surface area contributed by atoms with Gasteiger partial charge in [-0.15, -0.1) is 0 Å². The maximum atomic E-state index is 12.4. The molecule has 2 aliphatic rings. The number of phenolic OH excluding ortho intramolecular Hbond substituents is 1. The Balaban J connectivity index is 2.05. The van der Waals surface area contributed by atoms with Crippen molar-refractivity contribution in [2.24, 2.45) is 5.92 Å². The van der Waals surface area contributed by atoms with Crippen LogP contribution in [-0.4, -0.2) is 34.7 Å². The molecule has 0 radical (unpaired) electrons. The summed E-state index contributed by atoms with van der Waals surface area (Å²) in [5.74, 6) is -1.05. The van der Waals surface area contributed by atoms with Gasteiger partial charge in [0.25, 0.3) is 0 Å². The molecule has 0 unspecified atom stereocenters. The van der Waals surface area contributed by atoms with E-state index in [9.17, 15) is 19.8 Å². The lowest BCUT2D eigenvalue weighted by atomic mass is 9.95. The predicted octanol–water partition coefficient (Wildman–Crippen LogP) is 1.17. The van der Waals surface area contributed by atoms with Gasteiger partial charge in [0.05, 0.1) is 13.0 Å². The van der Waals surface area contributed by atoms with E-state index < -0.39 is 18.5 Å². The molecule has 0 amide bonds. The fraction of sp³-hybridized carbons (Fsp3) is 0.333. The van der Waals surface area contributed by atoms with Gasteiger partial charge >= 0.3 is 5.97 Å². The summed E-state index contributed by atoms with van der Waals surface area (Å²) in [5.41, 5.74) is 0.296. The van der Waals surface area contributed by atoms with Crippen LogP contribution >= 0.6 is 0 Å². The number of carbonyl (C=O) groups excluding carboxylic acids is 2. The van der Waals surface area contributed by atoms with E-state index in [1.54, 1.807) is 19.1 Å². The Labute approximate surface area is 120 Å². The summed E-state index contributed by atoms with van der Waals surface area (Å²) in [5, 5.41) is 19.3. The molecule has 6 heteroatoms. The van der Waals surface area contributed by atoms with Crippen molar-refractivity contribution in [1.82, 2.24) is 0 Å². The highest BCUT2D eigenvalue weighted by molar-refractivity contribution is 6.14. The molecule has 2 atom stereocenters. The highest BCUT2D eigenvalue weighted by atomic mass is 16.6. The van der Waals surface area contributed by atoms with Gasteiger partial charge < -0.3 is 19.7 Å². The number of esters is 1. The highest BCUT2D eigenvalue weighted by Gasteiger charge is 2.40. The predicted molar refractivity (Wildman–Crippen MR) is 70.8 cm³/mol. The minimum Gasteiger partial charge on any atom is -0.507 e. The largest absolute Gasteiger partial charge is 0.507 e. The lowest BCUT2D eigenvalue weighted by Gasteiger charge is -2.17. The van der Waals surface area contributed by atoms with Crippen molar-refractivity contribution in [3.8, 4) is 11.5 Å². The van der Waals surface area contributed by atoms with E-state index in [-0.39, 0.29) is 46.7 Å². The molecule has 21 heavy (non-hydrogen) atoms. The van der Waals surface area contributed by atoms with Crippen LogP contribution in [0, 0.1) is 5.92 Å². The number of ketones is 1. The van der Waals surface area contributed by atoms with Crippen molar-refractivity contribution >= 4 is 11.8 Å². The van der Waals surface area contributed by atoms with Gasteiger partial charge in [-0.25, -0.2) is 0 Å². The summed E-state index contributed by atoms with van der Waals surface area (Å²) in [6.07, 6.45) is -0.452. The molecule has 1 saturated heterocycles. The third-order valence-electron chi connectivity index (χ3n) is 3.72. The molecule has 2 N–H and O–H groups in total. The van der Waals surface area contributed by atoms with Gasteiger partial charge in [0.1, 0.15) is 23.2 Å². The molecule has 2 aliphatic heterocycles. The standard InChI is InChI=1S/C15H14O6/c1-7-5-11(18)21-14(7)8(6-16)15-13(19)12-9(17)3-2-4-10(12)20-15/h2-4,7,14,16-17H,5-6H2,1H3/b15-8+/t7-,14-/m1/s1. The monoisotopic (exact) mass is 290 g/mol. The van der Waals surface area contributed by atoms with Crippen molar-refractivity contribution in [1.29, 1.82) is 0 Å². The van der Waals surface area contributed by atoms with Gasteiger partial charge in [0, 0.05) is 11.5 Å². The summed E-state index contributed by atoms with van der Waals surface area (Å²) in [6.45, 7) is 1.34. The Bertz CT molecular complexity index is 660. The number of Topliss-reactive ketones (excluding diaryl/α,β-unsaturated/α-hetero) is 1. The van der Waals surface area contributed by atoms with E-state index >= 15 is 0 Å². The zero-order chi connectivity index (χ0) is 15.1. The Morgan fingerprint density at radius 1 is 1.38 bits per heavy atom. The lowest BCUT2D eigenvalue weighted by Crippen LogP contribution is -2.23. The summed E-state index contributed by atoms with van der Waals surface area (Å²) in [7, 11) is 0. The summed E-state index contributed by atoms with van der Waals surface area (Å²) in [4.78, 5) is 23.7. The van der Waals surface area contributed by atoms with Crippen LogP contribution in [0.15, 0.2) is 29.5 Å². The van der Waals surface area contributed by atoms with Crippen molar-refractivity contribution in [2.75, 3.05) is 6.61 Å². The second-order valence-electron chi connectivity index (χ2n) is 5.19. The van der Waals surface area contributed by atoms with Gasteiger partial charge in [-0.3, -0.25) is 9.59 Å². The van der Waals surface area contributed by atoms with E-state index in [2.05, 4.69) is 0 Å². The molecule has 1 aromatic rings. The first kappa shape index (κ1) is 13.6. The topological polar surface area (TPSA) is 93.1 Å². The van der Waals surface area contributed by atoms with E-state index in [4.69, 9.17) is 9.47 Å². The maximum Gasteiger partial charge on any atom is 0.306 e. The first-order valence-corrected chi connectivity index (χ1v) is 6.60. The zero-order valence-electron chi connectivity index (χ0n) is 11.3. The number of allylic oxidation sites excluding steroid dienone is 1. The third kappa shape index (κ3) is 2.08. The molecule has 0 aromatic heterocycles.